The number of amides is 2. The molecule has 2 aromatic rings. The van der Waals surface area contributed by atoms with Crippen LogP contribution in [0.1, 0.15) is 58.4 Å². The first-order valence-corrected chi connectivity index (χ1v) is 10.9. The normalized spacial score (nSPS) is 20.3. The third-order valence-corrected chi connectivity index (χ3v) is 6.54. The summed E-state index contributed by atoms with van der Waals surface area (Å²) in [5.41, 5.74) is 2.02. The van der Waals surface area contributed by atoms with Crippen molar-refractivity contribution in [1.29, 1.82) is 5.26 Å². The van der Waals surface area contributed by atoms with Crippen LogP contribution in [0.4, 0.5) is 5.69 Å². The molecule has 6 heteroatoms. The summed E-state index contributed by atoms with van der Waals surface area (Å²) in [6.45, 7) is 1.62. The highest BCUT2D eigenvalue weighted by Gasteiger charge is 2.33. The zero-order valence-electron chi connectivity index (χ0n) is 17.8. The van der Waals surface area contributed by atoms with Gasteiger partial charge in [0.1, 0.15) is 5.75 Å². The summed E-state index contributed by atoms with van der Waals surface area (Å²) in [6.07, 6.45) is 6.17. The van der Waals surface area contributed by atoms with Crippen LogP contribution in [0.2, 0.25) is 0 Å². The molecule has 0 radical (unpaired) electrons. The summed E-state index contributed by atoms with van der Waals surface area (Å²) in [4.78, 5) is 27.7. The summed E-state index contributed by atoms with van der Waals surface area (Å²) in [6, 6.07) is 13.6. The number of methoxy groups -OCH3 is 1. The predicted molar refractivity (Wildman–Crippen MR) is 118 cm³/mol. The molecule has 1 N–H and O–H groups in total. The maximum atomic E-state index is 13.2. The molecular formula is C25H27N3O3. The Labute approximate surface area is 182 Å². The Bertz CT molecular complexity index is 1010. The molecule has 2 aliphatic rings. The number of hydrogen-bond donors (Lipinski definition) is 1. The molecule has 2 fully saturated rings. The number of carbonyl (C=O) groups is 2. The second-order valence-electron chi connectivity index (χ2n) is 8.40. The minimum absolute atomic E-state index is 0.00848. The number of rotatable bonds is 4. The van der Waals surface area contributed by atoms with Crippen molar-refractivity contribution >= 4 is 17.5 Å². The highest BCUT2D eigenvalue weighted by atomic mass is 16.5. The number of fused-ring (bicyclic) bond motifs is 1. The van der Waals surface area contributed by atoms with Crippen LogP contribution in [0.15, 0.2) is 42.5 Å². The fourth-order valence-corrected chi connectivity index (χ4v) is 4.80. The lowest BCUT2D eigenvalue weighted by atomic mass is 9.75. The van der Waals surface area contributed by atoms with Gasteiger partial charge in [-0.3, -0.25) is 9.59 Å². The molecule has 6 nitrogen and oxygen atoms in total. The van der Waals surface area contributed by atoms with Crippen molar-refractivity contribution in [1.82, 2.24) is 4.90 Å². The average Bonchev–Trinajstić information content (AvgIpc) is 2.83. The van der Waals surface area contributed by atoms with Gasteiger partial charge in [0.15, 0.2) is 0 Å². The molecule has 0 unspecified atom stereocenters. The van der Waals surface area contributed by atoms with Crippen molar-refractivity contribution in [2.75, 3.05) is 25.5 Å². The molecule has 1 aliphatic heterocycles. The van der Waals surface area contributed by atoms with Crippen LogP contribution in [0.3, 0.4) is 0 Å². The summed E-state index contributed by atoms with van der Waals surface area (Å²) in [5, 5.41) is 11.7. The molecule has 0 aromatic heterocycles. The predicted octanol–water partition coefficient (Wildman–Crippen LogP) is 4.47. The van der Waals surface area contributed by atoms with Crippen molar-refractivity contribution in [2.45, 2.75) is 32.1 Å². The number of piperidine rings is 1. The molecule has 1 saturated heterocycles. The topological polar surface area (TPSA) is 82.4 Å². The Morgan fingerprint density at radius 1 is 1.06 bits per heavy atom. The van der Waals surface area contributed by atoms with Gasteiger partial charge in [0.05, 0.1) is 24.3 Å². The number of hydrogen-bond acceptors (Lipinski definition) is 4. The molecule has 1 heterocycles. The third kappa shape index (κ3) is 4.56. The summed E-state index contributed by atoms with van der Waals surface area (Å²) >= 11 is 0. The molecular weight excluding hydrogens is 390 g/mol. The quantitative estimate of drug-likeness (QED) is 0.796. The van der Waals surface area contributed by atoms with Gasteiger partial charge in [-0.2, -0.15) is 5.26 Å². The van der Waals surface area contributed by atoms with E-state index in [9.17, 15) is 9.59 Å². The van der Waals surface area contributed by atoms with E-state index in [4.69, 9.17) is 10.00 Å². The standard InChI is InChI=1S/C25H27N3O3/c1-31-23-14-21(27-24(29)19-8-6-17(15-26)7-9-19)10-11-22(23)25(30)28-13-12-18-4-2-3-5-20(18)16-28/h6-11,14,18,20H,2-5,12-13,16H2,1H3,(H,27,29)/t18-,20+/m1/s1. The molecule has 160 valence electrons. The summed E-state index contributed by atoms with van der Waals surface area (Å²) in [7, 11) is 1.53. The van der Waals surface area contributed by atoms with E-state index in [2.05, 4.69) is 5.32 Å². The lowest BCUT2D eigenvalue weighted by molar-refractivity contribution is 0.0518. The highest BCUT2D eigenvalue weighted by molar-refractivity contribution is 6.05. The highest BCUT2D eigenvalue weighted by Crippen LogP contribution is 2.37. The second-order valence-corrected chi connectivity index (χ2v) is 8.40. The lowest BCUT2D eigenvalue weighted by Crippen LogP contribution is -2.44. The van der Waals surface area contributed by atoms with Crippen LogP contribution in [0, 0.1) is 23.2 Å². The van der Waals surface area contributed by atoms with Gasteiger partial charge in [-0.15, -0.1) is 0 Å². The van der Waals surface area contributed by atoms with Gasteiger partial charge in [0, 0.05) is 30.4 Å². The first kappa shape index (κ1) is 20.9. The average molecular weight is 418 g/mol. The smallest absolute Gasteiger partial charge is 0.257 e. The van der Waals surface area contributed by atoms with Crippen molar-refractivity contribution in [3.05, 3.63) is 59.2 Å². The molecule has 4 rings (SSSR count). The lowest BCUT2D eigenvalue weighted by Gasteiger charge is -2.41. The van der Waals surface area contributed by atoms with E-state index >= 15 is 0 Å². The number of nitrogens with zero attached hydrogens (tertiary/aromatic N) is 2. The molecule has 2 aromatic carbocycles. The molecule has 2 amide bonds. The van der Waals surface area contributed by atoms with Crippen molar-refractivity contribution in [3.63, 3.8) is 0 Å². The van der Waals surface area contributed by atoms with E-state index in [1.165, 1.54) is 32.8 Å². The SMILES string of the molecule is COc1cc(NC(=O)c2ccc(C#N)cc2)ccc1C(=O)N1CC[C@H]2CCCC[C@H]2C1. The second kappa shape index (κ2) is 9.22. The van der Waals surface area contributed by atoms with E-state index in [1.807, 2.05) is 11.0 Å². The van der Waals surface area contributed by atoms with E-state index in [0.29, 0.717) is 34.0 Å². The molecule has 0 bridgehead atoms. The Morgan fingerprint density at radius 3 is 2.52 bits per heavy atom. The summed E-state index contributed by atoms with van der Waals surface area (Å²) < 4.78 is 5.49. The zero-order valence-corrected chi connectivity index (χ0v) is 17.8. The van der Waals surface area contributed by atoms with Crippen LogP contribution in [-0.2, 0) is 0 Å². The van der Waals surface area contributed by atoms with E-state index in [1.54, 1.807) is 42.5 Å². The maximum Gasteiger partial charge on any atom is 0.257 e. The van der Waals surface area contributed by atoms with Crippen molar-refractivity contribution < 1.29 is 14.3 Å². The number of anilines is 1. The van der Waals surface area contributed by atoms with Crippen LogP contribution in [0.5, 0.6) is 5.75 Å². The minimum Gasteiger partial charge on any atom is -0.496 e. The maximum absolute atomic E-state index is 13.2. The van der Waals surface area contributed by atoms with Gasteiger partial charge in [-0.05, 0) is 61.1 Å². The number of benzene rings is 2. The molecule has 0 spiro atoms. The number of nitriles is 1. The van der Waals surface area contributed by atoms with Crippen LogP contribution in [0.25, 0.3) is 0 Å². The van der Waals surface area contributed by atoms with Gasteiger partial charge in [-0.25, -0.2) is 0 Å². The van der Waals surface area contributed by atoms with Gasteiger partial charge in [-0.1, -0.05) is 19.3 Å². The third-order valence-electron chi connectivity index (χ3n) is 6.54. The number of nitrogens with one attached hydrogen (secondary N) is 1. The molecule has 31 heavy (non-hydrogen) atoms. The molecule has 1 aliphatic carbocycles. The zero-order chi connectivity index (χ0) is 21.8. The Kier molecular flexibility index (Phi) is 6.22. The largest absolute Gasteiger partial charge is 0.496 e. The van der Waals surface area contributed by atoms with Crippen LogP contribution >= 0.6 is 0 Å². The van der Waals surface area contributed by atoms with E-state index in [0.717, 1.165) is 25.4 Å². The Hall–Kier alpha value is -3.33. The number of carbonyl (C=O) groups excluding carboxylic acids is 2. The van der Waals surface area contributed by atoms with Gasteiger partial charge < -0.3 is 15.0 Å². The Morgan fingerprint density at radius 2 is 1.81 bits per heavy atom. The Balaban J connectivity index is 1.46. The minimum atomic E-state index is -0.287. The van der Waals surface area contributed by atoms with Crippen molar-refractivity contribution in [2.24, 2.45) is 11.8 Å². The van der Waals surface area contributed by atoms with Gasteiger partial charge >= 0.3 is 0 Å². The first-order chi connectivity index (χ1) is 15.1. The molecule has 1 saturated carbocycles. The van der Waals surface area contributed by atoms with Gasteiger partial charge in [0.2, 0.25) is 0 Å². The first-order valence-electron chi connectivity index (χ1n) is 10.9. The van der Waals surface area contributed by atoms with Gasteiger partial charge in [0.25, 0.3) is 11.8 Å². The number of likely N-dealkylation sites (tertiary alicyclic amines) is 1. The number of ether oxygens (including phenoxy) is 1. The summed E-state index contributed by atoms with van der Waals surface area (Å²) in [5.74, 6) is 1.53. The van der Waals surface area contributed by atoms with Crippen molar-refractivity contribution in [3.8, 4) is 11.8 Å². The van der Waals surface area contributed by atoms with E-state index in [-0.39, 0.29) is 11.8 Å². The molecule has 2 atom stereocenters. The monoisotopic (exact) mass is 417 g/mol. The fraction of sp³-hybridized carbons (Fsp3) is 0.400. The fourth-order valence-electron chi connectivity index (χ4n) is 4.80. The van der Waals surface area contributed by atoms with E-state index < -0.39 is 0 Å². The van der Waals surface area contributed by atoms with Crippen LogP contribution in [-0.4, -0.2) is 36.9 Å². The van der Waals surface area contributed by atoms with Crippen LogP contribution < -0.4 is 10.1 Å².